The molecule has 0 saturated heterocycles. The fourth-order valence-corrected chi connectivity index (χ4v) is 0.917. The minimum atomic E-state index is 0.138. The Bertz CT molecular complexity index is 277. The summed E-state index contributed by atoms with van der Waals surface area (Å²) in [5.41, 5.74) is 2.01. The Morgan fingerprint density at radius 3 is 2.38 bits per heavy atom. The molecule has 0 amide bonds. The molecule has 2 nitrogen and oxygen atoms in total. The van der Waals surface area contributed by atoms with Gasteiger partial charge in [0.2, 0.25) is 0 Å². The highest BCUT2D eigenvalue weighted by Gasteiger charge is 1.96. The Morgan fingerprint density at radius 2 is 1.85 bits per heavy atom. The van der Waals surface area contributed by atoms with Crippen molar-refractivity contribution in [3.05, 3.63) is 35.9 Å². The first kappa shape index (κ1) is 9.78. The average Bonchev–Trinajstić information content (AvgIpc) is 2.15. The van der Waals surface area contributed by atoms with Crippen LogP contribution in [0, 0.1) is 0 Å². The van der Waals surface area contributed by atoms with Gasteiger partial charge in [-0.3, -0.25) is 0 Å². The Morgan fingerprint density at radius 1 is 1.23 bits per heavy atom. The summed E-state index contributed by atoms with van der Waals surface area (Å²) in [6, 6.07) is 10.00. The van der Waals surface area contributed by atoms with Crippen molar-refractivity contribution >= 4 is 5.71 Å². The topological polar surface area (TPSA) is 21.6 Å². The molecule has 0 spiro atoms. The van der Waals surface area contributed by atoms with E-state index in [4.69, 9.17) is 4.84 Å². The monoisotopic (exact) mass is 177 g/mol. The molecule has 0 aliphatic heterocycles. The van der Waals surface area contributed by atoms with Crippen LogP contribution in [0.3, 0.4) is 0 Å². The summed E-state index contributed by atoms with van der Waals surface area (Å²) in [6.45, 7) is 5.86. The van der Waals surface area contributed by atoms with Crippen LogP contribution < -0.4 is 0 Å². The molecule has 0 N–H and O–H groups in total. The van der Waals surface area contributed by atoms with Crippen LogP contribution in [-0.4, -0.2) is 11.8 Å². The zero-order chi connectivity index (χ0) is 9.68. The second-order valence-electron chi connectivity index (χ2n) is 3.20. The Hall–Kier alpha value is -1.31. The third-order valence-corrected chi connectivity index (χ3v) is 1.59. The predicted octanol–water partition coefficient (Wildman–Crippen LogP) is 2.84. The van der Waals surface area contributed by atoms with Crippen molar-refractivity contribution in [2.75, 3.05) is 0 Å². The summed E-state index contributed by atoms with van der Waals surface area (Å²) in [5.74, 6) is 0. The lowest BCUT2D eigenvalue weighted by atomic mass is 10.1. The molecule has 70 valence electrons. The SMILES string of the molecule is C/C(=N/OC(C)C)c1ccccc1. The molecule has 0 fully saturated rings. The molecule has 0 unspecified atom stereocenters. The maximum atomic E-state index is 5.15. The Kier molecular flexibility index (Phi) is 3.50. The molecule has 0 aliphatic carbocycles. The van der Waals surface area contributed by atoms with Crippen LogP contribution in [0.15, 0.2) is 35.5 Å². The van der Waals surface area contributed by atoms with E-state index in [0.717, 1.165) is 11.3 Å². The highest BCUT2D eigenvalue weighted by Crippen LogP contribution is 2.01. The summed E-state index contributed by atoms with van der Waals surface area (Å²) in [4.78, 5) is 5.15. The van der Waals surface area contributed by atoms with Gasteiger partial charge in [-0.25, -0.2) is 0 Å². The van der Waals surface area contributed by atoms with Gasteiger partial charge in [-0.05, 0) is 26.3 Å². The number of nitrogens with zero attached hydrogens (tertiary/aromatic N) is 1. The van der Waals surface area contributed by atoms with E-state index in [-0.39, 0.29) is 6.10 Å². The second-order valence-corrected chi connectivity index (χ2v) is 3.20. The fraction of sp³-hybridized carbons (Fsp3) is 0.364. The second kappa shape index (κ2) is 4.65. The van der Waals surface area contributed by atoms with E-state index in [1.807, 2.05) is 51.1 Å². The molecule has 0 aliphatic rings. The summed E-state index contributed by atoms with van der Waals surface area (Å²) < 4.78 is 0. The van der Waals surface area contributed by atoms with E-state index < -0.39 is 0 Å². The average molecular weight is 177 g/mol. The smallest absolute Gasteiger partial charge is 0.122 e. The van der Waals surface area contributed by atoms with E-state index >= 15 is 0 Å². The zero-order valence-electron chi connectivity index (χ0n) is 8.32. The Labute approximate surface area is 79.2 Å². The first-order valence-electron chi connectivity index (χ1n) is 4.46. The molecule has 1 aromatic carbocycles. The first-order chi connectivity index (χ1) is 6.20. The lowest BCUT2D eigenvalue weighted by Crippen LogP contribution is -2.01. The van der Waals surface area contributed by atoms with Crippen molar-refractivity contribution in [1.82, 2.24) is 0 Å². The van der Waals surface area contributed by atoms with Gasteiger partial charge in [0.05, 0.1) is 5.71 Å². The van der Waals surface area contributed by atoms with Gasteiger partial charge in [0, 0.05) is 0 Å². The Balaban J connectivity index is 2.68. The highest BCUT2D eigenvalue weighted by atomic mass is 16.6. The highest BCUT2D eigenvalue weighted by molar-refractivity contribution is 5.98. The predicted molar refractivity (Wildman–Crippen MR) is 54.9 cm³/mol. The molecule has 0 radical (unpaired) electrons. The zero-order valence-corrected chi connectivity index (χ0v) is 8.32. The number of benzene rings is 1. The largest absolute Gasteiger partial charge is 0.393 e. The molecule has 0 bridgehead atoms. The molecule has 0 heterocycles. The van der Waals surface area contributed by atoms with Gasteiger partial charge in [-0.1, -0.05) is 35.5 Å². The van der Waals surface area contributed by atoms with Gasteiger partial charge in [-0.15, -0.1) is 0 Å². The standard InChI is InChI=1S/C11H15NO/c1-9(2)13-12-10(3)11-7-5-4-6-8-11/h4-9H,1-3H3/b12-10-. The molecule has 13 heavy (non-hydrogen) atoms. The van der Waals surface area contributed by atoms with Crippen LogP contribution in [0.25, 0.3) is 0 Å². The van der Waals surface area contributed by atoms with E-state index in [2.05, 4.69) is 5.16 Å². The lowest BCUT2D eigenvalue weighted by Gasteiger charge is -2.04. The maximum absolute atomic E-state index is 5.15. The van der Waals surface area contributed by atoms with Gasteiger partial charge in [0.1, 0.15) is 6.10 Å². The quantitative estimate of drug-likeness (QED) is 0.514. The van der Waals surface area contributed by atoms with Gasteiger partial charge >= 0.3 is 0 Å². The fourth-order valence-electron chi connectivity index (χ4n) is 0.917. The van der Waals surface area contributed by atoms with Gasteiger partial charge in [0.25, 0.3) is 0 Å². The first-order valence-corrected chi connectivity index (χ1v) is 4.46. The summed E-state index contributed by atoms with van der Waals surface area (Å²) in [5, 5.41) is 4.01. The van der Waals surface area contributed by atoms with E-state index in [9.17, 15) is 0 Å². The molecule has 0 atom stereocenters. The third-order valence-electron chi connectivity index (χ3n) is 1.59. The number of oxime groups is 1. The normalized spacial score (nSPS) is 11.8. The van der Waals surface area contributed by atoms with Crippen molar-refractivity contribution in [2.45, 2.75) is 26.9 Å². The number of hydrogen-bond acceptors (Lipinski definition) is 2. The van der Waals surface area contributed by atoms with Gasteiger partial charge < -0.3 is 4.84 Å². The molecular weight excluding hydrogens is 162 g/mol. The van der Waals surface area contributed by atoms with E-state index in [1.165, 1.54) is 0 Å². The van der Waals surface area contributed by atoms with Crippen molar-refractivity contribution in [1.29, 1.82) is 0 Å². The third kappa shape index (κ3) is 3.28. The van der Waals surface area contributed by atoms with Gasteiger partial charge in [-0.2, -0.15) is 0 Å². The van der Waals surface area contributed by atoms with Crippen LogP contribution >= 0.6 is 0 Å². The number of hydrogen-bond donors (Lipinski definition) is 0. The van der Waals surface area contributed by atoms with Crippen LogP contribution in [-0.2, 0) is 4.84 Å². The maximum Gasteiger partial charge on any atom is 0.122 e. The van der Waals surface area contributed by atoms with Crippen LogP contribution in [0.4, 0.5) is 0 Å². The lowest BCUT2D eigenvalue weighted by molar-refractivity contribution is 0.0860. The molecule has 0 saturated carbocycles. The minimum Gasteiger partial charge on any atom is -0.393 e. The van der Waals surface area contributed by atoms with Crippen LogP contribution in [0.5, 0.6) is 0 Å². The summed E-state index contributed by atoms with van der Waals surface area (Å²) in [7, 11) is 0. The molecule has 0 aromatic heterocycles. The summed E-state index contributed by atoms with van der Waals surface area (Å²) >= 11 is 0. The number of rotatable bonds is 3. The van der Waals surface area contributed by atoms with Crippen molar-refractivity contribution in [3.8, 4) is 0 Å². The summed E-state index contributed by atoms with van der Waals surface area (Å²) in [6.07, 6.45) is 0.138. The van der Waals surface area contributed by atoms with Crippen LogP contribution in [0.2, 0.25) is 0 Å². The van der Waals surface area contributed by atoms with Crippen LogP contribution in [0.1, 0.15) is 26.3 Å². The van der Waals surface area contributed by atoms with Gasteiger partial charge in [0.15, 0.2) is 0 Å². The van der Waals surface area contributed by atoms with E-state index in [0.29, 0.717) is 0 Å². The van der Waals surface area contributed by atoms with E-state index in [1.54, 1.807) is 0 Å². The van der Waals surface area contributed by atoms with Crippen molar-refractivity contribution in [2.24, 2.45) is 5.16 Å². The molecule has 2 heteroatoms. The molecule has 1 aromatic rings. The minimum absolute atomic E-state index is 0.138. The molecular formula is C11H15NO. The van der Waals surface area contributed by atoms with Crippen molar-refractivity contribution in [3.63, 3.8) is 0 Å². The van der Waals surface area contributed by atoms with Crippen molar-refractivity contribution < 1.29 is 4.84 Å². The molecule has 1 rings (SSSR count).